The molecule has 0 aliphatic carbocycles. The molecule has 0 bridgehead atoms. The molecule has 1 saturated heterocycles. The van der Waals surface area contributed by atoms with Gasteiger partial charge in [0.25, 0.3) is 0 Å². The zero-order valence-corrected chi connectivity index (χ0v) is 18.6. The average Bonchev–Trinajstić information content (AvgIpc) is 2.81. The minimum absolute atomic E-state index is 0.0673. The molecule has 1 heterocycles. The normalized spacial score (nSPS) is 17.2. The minimum Gasteiger partial charge on any atom is -0.356 e. The van der Waals surface area contributed by atoms with Crippen molar-refractivity contribution in [3.8, 4) is 0 Å². The van der Waals surface area contributed by atoms with Gasteiger partial charge in [0.05, 0.1) is 19.0 Å². The quantitative estimate of drug-likeness (QED) is 0.673. The van der Waals surface area contributed by atoms with Gasteiger partial charge in [0.15, 0.2) is 0 Å². The molecule has 1 atom stereocenters. The summed E-state index contributed by atoms with van der Waals surface area (Å²) in [6.07, 6.45) is 2.87. The summed E-state index contributed by atoms with van der Waals surface area (Å²) in [4.78, 5) is 39.5. The van der Waals surface area contributed by atoms with Gasteiger partial charge in [-0.3, -0.25) is 9.59 Å². The maximum absolute atomic E-state index is 13.1. The average molecular weight is 437 g/mol. The summed E-state index contributed by atoms with van der Waals surface area (Å²) in [6.45, 7) is 3.49. The van der Waals surface area contributed by atoms with Gasteiger partial charge in [0.1, 0.15) is 0 Å². The summed E-state index contributed by atoms with van der Waals surface area (Å²) < 4.78 is 0. The Bertz CT molecular complexity index is 899. The van der Waals surface area contributed by atoms with E-state index in [9.17, 15) is 14.4 Å². The van der Waals surface area contributed by atoms with E-state index < -0.39 is 6.03 Å². The minimum atomic E-state index is -0.394. The number of hydrogen-bond acceptors (Lipinski definition) is 3. The van der Waals surface area contributed by atoms with Crippen LogP contribution in [-0.4, -0.2) is 42.4 Å². The molecular formula is C25H32N4O3. The molecule has 4 amide bonds. The van der Waals surface area contributed by atoms with E-state index in [0.29, 0.717) is 19.6 Å². The standard InChI is InChI=1S/C25H32N4O3/c1-19-10-12-20(13-11-19)17-27-25(32)28-18-24(31)29-15-7-3-6-14-26-23(30)16-22(29)21-8-4-2-5-9-21/h2,4-5,8-13,22H,3,6-7,14-18H2,1H3,(H,26,30)(H2,27,28,32). The summed E-state index contributed by atoms with van der Waals surface area (Å²) in [5, 5.41) is 8.39. The summed E-state index contributed by atoms with van der Waals surface area (Å²) in [5.74, 6) is -0.264. The lowest BCUT2D eigenvalue weighted by Gasteiger charge is -2.33. The van der Waals surface area contributed by atoms with E-state index in [4.69, 9.17) is 0 Å². The van der Waals surface area contributed by atoms with Crippen molar-refractivity contribution in [2.45, 2.75) is 45.2 Å². The monoisotopic (exact) mass is 436 g/mol. The van der Waals surface area contributed by atoms with E-state index in [-0.39, 0.29) is 30.8 Å². The van der Waals surface area contributed by atoms with Gasteiger partial charge in [-0.2, -0.15) is 0 Å². The van der Waals surface area contributed by atoms with Crippen LogP contribution in [0.5, 0.6) is 0 Å². The van der Waals surface area contributed by atoms with Crippen LogP contribution >= 0.6 is 0 Å². The largest absolute Gasteiger partial charge is 0.356 e. The van der Waals surface area contributed by atoms with Crippen molar-refractivity contribution < 1.29 is 14.4 Å². The Labute approximate surface area is 189 Å². The molecule has 0 aromatic heterocycles. The molecule has 2 aromatic rings. The number of nitrogens with zero attached hydrogens (tertiary/aromatic N) is 1. The molecule has 3 N–H and O–H groups in total. The van der Waals surface area contributed by atoms with Gasteiger partial charge in [0, 0.05) is 19.6 Å². The Hall–Kier alpha value is -3.35. The maximum Gasteiger partial charge on any atom is 0.315 e. The Kier molecular flexibility index (Phi) is 8.66. The van der Waals surface area contributed by atoms with Gasteiger partial charge in [-0.25, -0.2) is 4.79 Å². The summed E-state index contributed by atoms with van der Waals surface area (Å²) in [6, 6.07) is 16.7. The number of aryl methyl sites for hydroxylation is 1. The molecule has 1 unspecified atom stereocenters. The third-order valence-corrected chi connectivity index (χ3v) is 5.63. The molecule has 0 saturated carbocycles. The third kappa shape index (κ3) is 7.11. The van der Waals surface area contributed by atoms with Crippen molar-refractivity contribution in [2.24, 2.45) is 0 Å². The molecule has 170 valence electrons. The zero-order chi connectivity index (χ0) is 22.8. The Balaban J connectivity index is 1.62. The first-order valence-corrected chi connectivity index (χ1v) is 11.2. The van der Waals surface area contributed by atoms with E-state index in [1.807, 2.05) is 61.5 Å². The Morgan fingerprint density at radius 2 is 1.75 bits per heavy atom. The molecule has 1 aliphatic heterocycles. The van der Waals surface area contributed by atoms with Crippen molar-refractivity contribution in [1.29, 1.82) is 0 Å². The second-order valence-corrected chi connectivity index (χ2v) is 8.15. The highest BCUT2D eigenvalue weighted by molar-refractivity contribution is 5.85. The molecule has 7 nitrogen and oxygen atoms in total. The summed E-state index contributed by atoms with van der Waals surface area (Å²) >= 11 is 0. The van der Waals surface area contributed by atoms with E-state index >= 15 is 0 Å². The van der Waals surface area contributed by atoms with Gasteiger partial charge in [-0.05, 0) is 37.3 Å². The van der Waals surface area contributed by atoms with Gasteiger partial charge in [-0.1, -0.05) is 60.2 Å². The van der Waals surface area contributed by atoms with Crippen LogP contribution in [0, 0.1) is 6.92 Å². The number of amides is 4. The Morgan fingerprint density at radius 1 is 1.00 bits per heavy atom. The fourth-order valence-electron chi connectivity index (χ4n) is 3.81. The predicted octanol–water partition coefficient (Wildman–Crippen LogP) is 3.05. The van der Waals surface area contributed by atoms with Gasteiger partial charge < -0.3 is 20.9 Å². The van der Waals surface area contributed by atoms with Crippen LogP contribution in [0.25, 0.3) is 0 Å². The van der Waals surface area contributed by atoms with Crippen molar-refractivity contribution in [3.05, 3.63) is 71.3 Å². The fourth-order valence-corrected chi connectivity index (χ4v) is 3.81. The van der Waals surface area contributed by atoms with Crippen molar-refractivity contribution in [3.63, 3.8) is 0 Å². The van der Waals surface area contributed by atoms with Crippen molar-refractivity contribution in [1.82, 2.24) is 20.9 Å². The van der Waals surface area contributed by atoms with Crippen molar-refractivity contribution >= 4 is 17.8 Å². The first-order valence-electron chi connectivity index (χ1n) is 11.2. The highest BCUT2D eigenvalue weighted by Gasteiger charge is 2.27. The fraction of sp³-hybridized carbons (Fsp3) is 0.400. The van der Waals surface area contributed by atoms with Crippen molar-refractivity contribution in [2.75, 3.05) is 19.6 Å². The zero-order valence-electron chi connectivity index (χ0n) is 18.6. The van der Waals surface area contributed by atoms with Crippen LogP contribution in [0.1, 0.15) is 48.4 Å². The summed E-state index contributed by atoms with van der Waals surface area (Å²) in [5.41, 5.74) is 3.06. The molecule has 32 heavy (non-hydrogen) atoms. The molecule has 1 fully saturated rings. The third-order valence-electron chi connectivity index (χ3n) is 5.63. The molecule has 3 rings (SSSR count). The van der Waals surface area contributed by atoms with Gasteiger partial charge >= 0.3 is 6.03 Å². The molecule has 2 aromatic carbocycles. The molecular weight excluding hydrogens is 404 g/mol. The van der Waals surface area contributed by atoms with Crippen LogP contribution in [0.3, 0.4) is 0 Å². The van der Waals surface area contributed by atoms with Crippen LogP contribution in [0.15, 0.2) is 54.6 Å². The van der Waals surface area contributed by atoms with Gasteiger partial charge in [0.2, 0.25) is 11.8 Å². The number of carbonyl (C=O) groups is 3. The van der Waals surface area contributed by atoms with E-state index in [1.165, 1.54) is 0 Å². The van der Waals surface area contributed by atoms with Crippen LogP contribution < -0.4 is 16.0 Å². The van der Waals surface area contributed by atoms with E-state index in [0.717, 1.165) is 36.0 Å². The molecule has 0 spiro atoms. The Morgan fingerprint density at radius 3 is 2.50 bits per heavy atom. The molecule has 1 aliphatic rings. The predicted molar refractivity (Wildman–Crippen MR) is 124 cm³/mol. The second kappa shape index (κ2) is 11.9. The molecule has 0 radical (unpaired) electrons. The highest BCUT2D eigenvalue weighted by Crippen LogP contribution is 2.25. The molecule has 7 heteroatoms. The lowest BCUT2D eigenvalue weighted by Crippen LogP contribution is -2.46. The van der Waals surface area contributed by atoms with Crippen LogP contribution in [-0.2, 0) is 16.1 Å². The maximum atomic E-state index is 13.1. The lowest BCUT2D eigenvalue weighted by atomic mass is 10.00. The van der Waals surface area contributed by atoms with Crippen LogP contribution in [0.2, 0.25) is 0 Å². The number of nitrogens with one attached hydrogen (secondary N) is 3. The van der Waals surface area contributed by atoms with Crippen LogP contribution in [0.4, 0.5) is 4.79 Å². The number of carbonyl (C=O) groups excluding carboxylic acids is 3. The number of rotatable bonds is 5. The second-order valence-electron chi connectivity index (χ2n) is 8.15. The SMILES string of the molecule is Cc1ccc(CNC(=O)NCC(=O)N2CCCCCNC(=O)CC2c2ccccc2)cc1. The van der Waals surface area contributed by atoms with E-state index in [2.05, 4.69) is 16.0 Å². The highest BCUT2D eigenvalue weighted by atomic mass is 16.2. The van der Waals surface area contributed by atoms with Gasteiger partial charge in [-0.15, -0.1) is 0 Å². The smallest absolute Gasteiger partial charge is 0.315 e. The topological polar surface area (TPSA) is 90.5 Å². The lowest BCUT2D eigenvalue weighted by molar-refractivity contribution is -0.134. The first-order chi connectivity index (χ1) is 15.5. The number of urea groups is 1. The number of hydrogen-bond donors (Lipinski definition) is 3. The first kappa shape index (κ1) is 23.3. The summed E-state index contributed by atoms with van der Waals surface area (Å²) in [7, 11) is 0. The van der Waals surface area contributed by atoms with E-state index in [1.54, 1.807) is 4.90 Å². The number of benzene rings is 2.